The normalized spacial score (nSPS) is 11.0. The molecule has 0 saturated heterocycles. The van der Waals surface area contributed by atoms with E-state index in [4.69, 9.17) is 15.9 Å². The summed E-state index contributed by atoms with van der Waals surface area (Å²) in [5.41, 5.74) is 16.9. The number of halogens is 2. The van der Waals surface area contributed by atoms with Crippen LogP contribution in [0.1, 0.15) is 0 Å². The summed E-state index contributed by atoms with van der Waals surface area (Å²) >= 11 is 0. The van der Waals surface area contributed by atoms with E-state index >= 15 is 0 Å². The van der Waals surface area contributed by atoms with Gasteiger partial charge in [-0.3, -0.25) is 5.10 Å². The summed E-state index contributed by atoms with van der Waals surface area (Å²) in [6.45, 7) is 0. The fourth-order valence-electron chi connectivity index (χ4n) is 4.87. The highest BCUT2D eigenvalue weighted by Crippen LogP contribution is 2.31. The lowest BCUT2D eigenvalue weighted by atomic mass is 10.1. The third-order valence-corrected chi connectivity index (χ3v) is 7.02. The molecule has 46 heavy (non-hydrogen) atoms. The summed E-state index contributed by atoms with van der Waals surface area (Å²) in [6, 6.07) is 19.8. The van der Waals surface area contributed by atoms with Crippen LogP contribution in [0.4, 0.5) is 20.4 Å². The fourth-order valence-corrected chi connectivity index (χ4v) is 4.87. The van der Waals surface area contributed by atoms with Gasteiger partial charge in [-0.25, -0.2) is 33.7 Å². The van der Waals surface area contributed by atoms with Crippen LogP contribution in [-0.4, -0.2) is 45.3 Å². The van der Waals surface area contributed by atoms with Gasteiger partial charge >= 0.3 is 0 Å². The molecule has 0 fully saturated rings. The van der Waals surface area contributed by atoms with Gasteiger partial charge in [0, 0.05) is 39.9 Å². The third-order valence-electron chi connectivity index (χ3n) is 7.02. The predicted molar refractivity (Wildman–Crippen MR) is 167 cm³/mol. The molecule has 0 aliphatic carbocycles. The van der Waals surface area contributed by atoms with Crippen molar-refractivity contribution in [2.45, 2.75) is 0 Å². The number of hydrogen-bond acceptors (Lipinski definition) is 11. The van der Waals surface area contributed by atoms with Crippen molar-refractivity contribution in [3.8, 4) is 45.4 Å². The molecule has 0 bridgehead atoms. The molecule has 0 aliphatic heterocycles. The van der Waals surface area contributed by atoms with Crippen LogP contribution in [0.2, 0.25) is 0 Å². The van der Waals surface area contributed by atoms with Gasteiger partial charge in [0.15, 0.2) is 5.82 Å². The second-order valence-electron chi connectivity index (χ2n) is 9.90. The minimum Gasteiger partial charge on any atom is -0.423 e. The smallest absolute Gasteiger partial charge is 0.249 e. The van der Waals surface area contributed by atoms with Crippen molar-refractivity contribution in [3.63, 3.8) is 0 Å². The van der Waals surface area contributed by atoms with E-state index in [-0.39, 0.29) is 17.5 Å². The number of benzene rings is 2. The highest BCUT2D eigenvalue weighted by molar-refractivity contribution is 5.99. The van der Waals surface area contributed by atoms with Crippen LogP contribution < -0.4 is 11.5 Å². The number of aromatic amines is 1. The van der Waals surface area contributed by atoms with Crippen molar-refractivity contribution in [2.24, 2.45) is 0 Å². The van der Waals surface area contributed by atoms with E-state index in [9.17, 15) is 8.78 Å². The van der Waals surface area contributed by atoms with Crippen molar-refractivity contribution >= 4 is 33.4 Å². The Kier molecular flexibility index (Phi) is 7.18. The summed E-state index contributed by atoms with van der Waals surface area (Å²) in [5, 5.41) is 15.7. The standard InChI is InChI=1S/C16H11FN6.C16H10FN5O/c17-10-3-1-2-9(6-10)13-5-4-11-12(16-20-8-21-23-16)7-19-15(18)14(11)22-13;17-10-3-1-2-9(6-10)13-5-4-11-12(16-22-20-8-23-16)7-19-15(18)14(11)21-13/h1-8H,(H2,18,19)(H,20,21,23);1-8H,(H2,18,19). The average Bonchev–Trinajstić information content (AvgIpc) is 3.81. The first-order chi connectivity index (χ1) is 22.4. The van der Waals surface area contributed by atoms with Crippen molar-refractivity contribution in [1.82, 2.24) is 45.3 Å². The Labute approximate surface area is 258 Å². The summed E-state index contributed by atoms with van der Waals surface area (Å²) in [7, 11) is 0. The van der Waals surface area contributed by atoms with E-state index in [0.29, 0.717) is 56.6 Å². The number of nitrogens with one attached hydrogen (secondary N) is 1. The van der Waals surface area contributed by atoms with Gasteiger partial charge in [0.1, 0.15) is 40.6 Å². The van der Waals surface area contributed by atoms with Crippen molar-refractivity contribution in [3.05, 3.63) is 110 Å². The molecule has 2 aromatic carbocycles. The van der Waals surface area contributed by atoms with Gasteiger partial charge in [0.25, 0.3) is 0 Å². The van der Waals surface area contributed by atoms with E-state index in [2.05, 4.69) is 45.3 Å². The Balaban J connectivity index is 0.000000147. The number of hydrogen-bond donors (Lipinski definition) is 3. The lowest BCUT2D eigenvalue weighted by Gasteiger charge is -2.08. The van der Waals surface area contributed by atoms with Crippen molar-refractivity contribution in [1.29, 1.82) is 0 Å². The number of nitrogens with two attached hydrogens (primary N) is 2. The van der Waals surface area contributed by atoms with Gasteiger partial charge in [0.2, 0.25) is 12.3 Å². The number of nitrogens with zero attached hydrogens (tertiary/aromatic N) is 8. The van der Waals surface area contributed by atoms with E-state index < -0.39 is 0 Å². The topological polar surface area (TPSA) is 184 Å². The van der Waals surface area contributed by atoms with E-state index in [1.165, 1.54) is 37.0 Å². The number of aromatic nitrogens is 9. The Morgan fingerprint density at radius 3 is 1.78 bits per heavy atom. The second-order valence-corrected chi connectivity index (χ2v) is 9.90. The fraction of sp³-hybridized carbons (Fsp3) is 0. The summed E-state index contributed by atoms with van der Waals surface area (Å²) < 4.78 is 32.0. The quantitative estimate of drug-likeness (QED) is 0.216. The van der Waals surface area contributed by atoms with E-state index in [0.717, 1.165) is 16.3 Å². The molecule has 0 amide bonds. The number of anilines is 2. The number of pyridine rings is 4. The number of rotatable bonds is 4. The minimum atomic E-state index is -0.324. The summed E-state index contributed by atoms with van der Waals surface area (Å²) in [4.78, 5) is 21.5. The van der Waals surface area contributed by atoms with Gasteiger partial charge in [-0.1, -0.05) is 24.3 Å². The molecule has 14 heteroatoms. The zero-order valence-electron chi connectivity index (χ0n) is 23.6. The molecule has 12 nitrogen and oxygen atoms in total. The zero-order chi connectivity index (χ0) is 31.6. The highest BCUT2D eigenvalue weighted by Gasteiger charge is 2.15. The largest absolute Gasteiger partial charge is 0.423 e. The Morgan fingerprint density at radius 2 is 1.26 bits per heavy atom. The van der Waals surface area contributed by atoms with E-state index in [1.54, 1.807) is 42.7 Å². The number of nitrogen functional groups attached to an aromatic ring is 2. The van der Waals surface area contributed by atoms with Crippen LogP contribution in [0.5, 0.6) is 0 Å². The predicted octanol–water partition coefficient (Wildman–Crippen LogP) is 5.87. The van der Waals surface area contributed by atoms with Crippen LogP contribution in [0.3, 0.4) is 0 Å². The van der Waals surface area contributed by atoms with Gasteiger partial charge in [-0.05, 0) is 48.5 Å². The average molecular weight is 614 g/mol. The van der Waals surface area contributed by atoms with Crippen LogP contribution in [0.15, 0.2) is 102 Å². The first-order valence-electron chi connectivity index (χ1n) is 13.7. The molecule has 0 radical (unpaired) electrons. The molecular formula is C32H21F2N11O. The molecule has 6 aromatic heterocycles. The first-order valence-corrected chi connectivity index (χ1v) is 13.7. The molecule has 0 saturated carbocycles. The van der Waals surface area contributed by atoms with Gasteiger partial charge < -0.3 is 15.9 Å². The van der Waals surface area contributed by atoms with Gasteiger partial charge in [-0.2, -0.15) is 5.10 Å². The molecule has 0 aliphatic rings. The highest BCUT2D eigenvalue weighted by atomic mass is 19.1. The SMILES string of the molecule is Nc1ncc(-c2ncn[nH]2)c2ccc(-c3cccc(F)c3)nc12.Nc1ncc(-c2nnco2)c2ccc(-c3cccc(F)c3)nc12. The molecule has 5 N–H and O–H groups in total. The minimum absolute atomic E-state index is 0.279. The van der Waals surface area contributed by atoms with Crippen molar-refractivity contribution < 1.29 is 13.2 Å². The second kappa shape index (κ2) is 11.8. The lowest BCUT2D eigenvalue weighted by molar-refractivity contribution is 0.569. The lowest BCUT2D eigenvalue weighted by Crippen LogP contribution is -1.97. The van der Waals surface area contributed by atoms with E-state index in [1.807, 2.05) is 18.2 Å². The summed E-state index contributed by atoms with van der Waals surface area (Å²) in [6.07, 6.45) is 5.86. The maximum Gasteiger partial charge on any atom is 0.249 e. The Morgan fingerprint density at radius 1 is 0.674 bits per heavy atom. The zero-order valence-corrected chi connectivity index (χ0v) is 23.6. The van der Waals surface area contributed by atoms with Crippen LogP contribution in [0.25, 0.3) is 67.2 Å². The molecule has 0 spiro atoms. The Hall–Kier alpha value is -6.70. The van der Waals surface area contributed by atoms with Crippen LogP contribution in [0, 0.1) is 11.6 Å². The van der Waals surface area contributed by atoms with Gasteiger partial charge in [-0.15, -0.1) is 10.2 Å². The molecule has 0 atom stereocenters. The maximum atomic E-state index is 13.4. The molecule has 8 aromatic rings. The maximum absolute atomic E-state index is 13.4. The monoisotopic (exact) mass is 613 g/mol. The van der Waals surface area contributed by atoms with Crippen molar-refractivity contribution in [2.75, 3.05) is 11.5 Å². The number of fused-ring (bicyclic) bond motifs is 2. The molecule has 0 unspecified atom stereocenters. The van der Waals surface area contributed by atoms with Gasteiger partial charge in [0.05, 0.1) is 17.0 Å². The first kappa shape index (κ1) is 28.1. The Bertz CT molecular complexity index is 2160. The molecule has 224 valence electrons. The summed E-state index contributed by atoms with van der Waals surface area (Å²) in [5.74, 6) is 0.870. The van der Waals surface area contributed by atoms with Crippen LogP contribution in [-0.2, 0) is 0 Å². The molecule has 8 rings (SSSR count). The molecule has 6 heterocycles. The van der Waals surface area contributed by atoms with Crippen LogP contribution >= 0.6 is 0 Å². The molecular weight excluding hydrogens is 592 g/mol. The third kappa shape index (κ3) is 5.41. The number of H-pyrrole nitrogens is 1.